The van der Waals surface area contributed by atoms with Crippen LogP contribution in [0.25, 0.3) is 0 Å². The lowest BCUT2D eigenvalue weighted by molar-refractivity contribution is 0.0286. The van der Waals surface area contributed by atoms with E-state index in [0.29, 0.717) is 12.2 Å². The second-order valence-corrected chi connectivity index (χ2v) is 3.80. The maximum atomic E-state index is 9.84. The van der Waals surface area contributed by atoms with Crippen LogP contribution in [0.1, 0.15) is 6.42 Å². The molecule has 0 radical (unpaired) electrons. The van der Waals surface area contributed by atoms with Crippen LogP contribution in [0.5, 0.6) is 0 Å². The molecule has 0 aromatic carbocycles. The normalized spacial score (nSPS) is 23.2. The molecule has 1 saturated heterocycles. The van der Waals surface area contributed by atoms with Gasteiger partial charge in [0.1, 0.15) is 24.9 Å². The van der Waals surface area contributed by atoms with Gasteiger partial charge in [-0.25, -0.2) is 0 Å². The van der Waals surface area contributed by atoms with E-state index in [-0.39, 0.29) is 0 Å². The van der Waals surface area contributed by atoms with E-state index in [1.165, 1.54) is 18.8 Å². The maximum absolute atomic E-state index is 9.84. The topological polar surface area (TPSA) is 51.2 Å². The molecule has 0 aromatic rings. The van der Waals surface area contributed by atoms with Crippen LogP contribution >= 0.6 is 0 Å². The average molecular weight is 227 g/mol. The predicted molar refractivity (Wildman–Crippen MR) is 57.3 cm³/mol. The van der Waals surface area contributed by atoms with Crippen molar-refractivity contribution in [3.8, 4) is 0 Å². The molecule has 0 spiro atoms. The summed E-state index contributed by atoms with van der Waals surface area (Å²) in [6.07, 6.45) is 4.33. The highest BCUT2D eigenvalue weighted by Gasteiger charge is 2.17. The summed E-state index contributed by atoms with van der Waals surface area (Å²) in [6.45, 7) is 4.27. The van der Waals surface area contributed by atoms with Crippen molar-refractivity contribution in [3.05, 3.63) is 24.5 Å². The van der Waals surface area contributed by atoms with Crippen molar-refractivity contribution in [3.63, 3.8) is 0 Å². The van der Waals surface area contributed by atoms with E-state index in [0.717, 1.165) is 32.8 Å². The lowest BCUT2D eigenvalue weighted by atomic mass is 10.2. The number of aliphatic hydroxyl groups is 1. The fourth-order valence-electron chi connectivity index (χ4n) is 1.70. The maximum Gasteiger partial charge on any atom is 0.167 e. The van der Waals surface area contributed by atoms with Gasteiger partial charge in [-0.15, -0.1) is 0 Å². The molecule has 16 heavy (non-hydrogen) atoms. The molecule has 0 amide bonds. The number of rotatable bonds is 4. The number of morpholine rings is 1. The van der Waals surface area contributed by atoms with E-state index in [2.05, 4.69) is 4.90 Å². The molecule has 1 atom stereocenters. The predicted octanol–water partition coefficient (Wildman–Crippen LogP) is 0.429. The second-order valence-electron chi connectivity index (χ2n) is 3.80. The number of hydrogen-bond donors (Lipinski definition) is 1. The first-order valence-corrected chi connectivity index (χ1v) is 5.51. The van der Waals surface area contributed by atoms with Crippen LogP contribution in [0, 0.1) is 0 Å². The van der Waals surface area contributed by atoms with Crippen LogP contribution in [-0.2, 0) is 14.2 Å². The van der Waals surface area contributed by atoms with Crippen molar-refractivity contribution in [1.82, 2.24) is 4.90 Å². The summed E-state index contributed by atoms with van der Waals surface area (Å²) in [5.41, 5.74) is 0. The van der Waals surface area contributed by atoms with Gasteiger partial charge in [0.25, 0.3) is 0 Å². The summed E-state index contributed by atoms with van der Waals surface area (Å²) in [6, 6.07) is 0. The Hall–Kier alpha value is -1.04. The molecule has 5 heteroatoms. The first-order chi connectivity index (χ1) is 7.86. The fourth-order valence-corrected chi connectivity index (χ4v) is 1.70. The molecule has 1 N–H and O–H groups in total. The van der Waals surface area contributed by atoms with Gasteiger partial charge < -0.3 is 19.3 Å². The number of hydrogen-bond acceptors (Lipinski definition) is 5. The SMILES string of the molecule is OC(CCN1CCOCC1)C1=COC=CO1. The Morgan fingerprint density at radius 3 is 2.81 bits per heavy atom. The van der Waals surface area contributed by atoms with Gasteiger partial charge in [-0.05, 0) is 6.42 Å². The highest BCUT2D eigenvalue weighted by molar-refractivity contribution is 5.01. The summed E-state index contributed by atoms with van der Waals surface area (Å²) in [7, 11) is 0. The summed E-state index contributed by atoms with van der Waals surface area (Å²) < 4.78 is 15.3. The molecule has 0 saturated carbocycles. The van der Waals surface area contributed by atoms with Crippen LogP contribution < -0.4 is 0 Å². The highest BCUT2D eigenvalue weighted by Crippen LogP contribution is 2.13. The van der Waals surface area contributed by atoms with E-state index in [4.69, 9.17) is 14.2 Å². The molecule has 2 rings (SSSR count). The van der Waals surface area contributed by atoms with E-state index >= 15 is 0 Å². The fraction of sp³-hybridized carbons (Fsp3) is 0.636. The minimum Gasteiger partial charge on any atom is -0.466 e. The van der Waals surface area contributed by atoms with Crippen LogP contribution in [-0.4, -0.2) is 49.0 Å². The van der Waals surface area contributed by atoms with Gasteiger partial charge in [0.05, 0.1) is 13.2 Å². The minimum atomic E-state index is -0.604. The van der Waals surface area contributed by atoms with Crippen LogP contribution in [0.2, 0.25) is 0 Å². The number of ether oxygens (including phenoxy) is 3. The van der Waals surface area contributed by atoms with Crippen molar-refractivity contribution < 1.29 is 19.3 Å². The number of aliphatic hydroxyl groups excluding tert-OH is 1. The van der Waals surface area contributed by atoms with Gasteiger partial charge in [0.2, 0.25) is 0 Å². The lowest BCUT2D eigenvalue weighted by Crippen LogP contribution is -2.38. The zero-order valence-electron chi connectivity index (χ0n) is 9.17. The molecule has 1 fully saturated rings. The summed E-state index contributed by atoms with van der Waals surface area (Å²) in [5.74, 6) is 0.468. The summed E-state index contributed by atoms with van der Waals surface area (Å²) in [5, 5.41) is 9.84. The first kappa shape index (κ1) is 11.4. The smallest absolute Gasteiger partial charge is 0.167 e. The average Bonchev–Trinajstić information content (AvgIpc) is 2.38. The highest BCUT2D eigenvalue weighted by atomic mass is 16.5. The quantitative estimate of drug-likeness (QED) is 0.754. The molecule has 0 bridgehead atoms. The zero-order valence-corrected chi connectivity index (χ0v) is 9.17. The molecule has 0 aliphatic carbocycles. The van der Waals surface area contributed by atoms with Crippen molar-refractivity contribution in [1.29, 1.82) is 0 Å². The molecule has 1 unspecified atom stereocenters. The Kier molecular flexibility index (Phi) is 4.21. The van der Waals surface area contributed by atoms with Gasteiger partial charge in [-0.1, -0.05) is 0 Å². The standard InChI is InChI=1S/C11H17NO4/c13-10(11-9-15-7-8-16-11)1-2-12-3-5-14-6-4-12/h7-10,13H,1-6H2. The Labute approximate surface area is 94.9 Å². The minimum absolute atomic E-state index is 0.468. The van der Waals surface area contributed by atoms with Crippen LogP contribution in [0.4, 0.5) is 0 Å². The Balaban J connectivity index is 1.70. The first-order valence-electron chi connectivity index (χ1n) is 5.51. The Bertz CT molecular complexity index is 271. The van der Waals surface area contributed by atoms with Crippen molar-refractivity contribution in [2.24, 2.45) is 0 Å². The van der Waals surface area contributed by atoms with Gasteiger partial charge >= 0.3 is 0 Å². The van der Waals surface area contributed by atoms with Gasteiger partial charge in [-0.2, -0.15) is 0 Å². The molecule has 2 aliphatic heterocycles. The zero-order chi connectivity index (χ0) is 11.2. The van der Waals surface area contributed by atoms with Crippen molar-refractivity contribution >= 4 is 0 Å². The van der Waals surface area contributed by atoms with E-state index in [9.17, 15) is 5.11 Å². The molecular weight excluding hydrogens is 210 g/mol. The van der Waals surface area contributed by atoms with Crippen molar-refractivity contribution in [2.45, 2.75) is 12.5 Å². The van der Waals surface area contributed by atoms with Crippen LogP contribution in [0.15, 0.2) is 24.5 Å². The molecule has 2 heterocycles. The van der Waals surface area contributed by atoms with Gasteiger partial charge in [0.15, 0.2) is 5.76 Å². The van der Waals surface area contributed by atoms with Gasteiger partial charge in [0, 0.05) is 19.6 Å². The largest absolute Gasteiger partial charge is 0.466 e. The third-order valence-electron chi connectivity index (χ3n) is 2.67. The third kappa shape index (κ3) is 3.23. The van der Waals surface area contributed by atoms with Crippen LogP contribution in [0.3, 0.4) is 0 Å². The molecule has 5 nitrogen and oxygen atoms in total. The van der Waals surface area contributed by atoms with Crippen molar-refractivity contribution in [2.75, 3.05) is 32.8 Å². The van der Waals surface area contributed by atoms with E-state index < -0.39 is 6.10 Å². The molecule has 0 aromatic heterocycles. The molecular formula is C11H17NO4. The molecule has 90 valence electrons. The lowest BCUT2D eigenvalue weighted by Gasteiger charge is -2.27. The van der Waals surface area contributed by atoms with E-state index in [1.54, 1.807) is 0 Å². The van der Waals surface area contributed by atoms with E-state index in [1.807, 2.05) is 0 Å². The summed E-state index contributed by atoms with van der Waals surface area (Å²) in [4.78, 5) is 2.27. The Morgan fingerprint density at radius 2 is 2.12 bits per heavy atom. The summed E-state index contributed by atoms with van der Waals surface area (Å²) >= 11 is 0. The third-order valence-corrected chi connectivity index (χ3v) is 2.67. The molecule has 2 aliphatic rings. The monoisotopic (exact) mass is 227 g/mol. The second kappa shape index (κ2) is 5.89. The number of nitrogens with zero attached hydrogens (tertiary/aromatic N) is 1. The Morgan fingerprint density at radius 1 is 1.31 bits per heavy atom. The van der Waals surface area contributed by atoms with Gasteiger partial charge in [-0.3, -0.25) is 4.90 Å².